The molecule has 1 fully saturated rings. The van der Waals surface area contributed by atoms with E-state index in [0.29, 0.717) is 0 Å². The normalized spacial score (nSPS) is 30.5. The second kappa shape index (κ2) is 4.03. The van der Waals surface area contributed by atoms with Crippen LogP contribution in [0.2, 0.25) is 0 Å². The fourth-order valence-electron chi connectivity index (χ4n) is 1.99. The van der Waals surface area contributed by atoms with E-state index < -0.39 is 23.6 Å². The minimum Gasteiger partial charge on any atom is -0.465 e. The zero-order valence-corrected chi connectivity index (χ0v) is 8.09. The van der Waals surface area contributed by atoms with E-state index in [1.807, 2.05) is 0 Å². The van der Waals surface area contributed by atoms with Crippen LogP contribution in [0, 0.1) is 0 Å². The van der Waals surface area contributed by atoms with Crippen molar-refractivity contribution in [3.05, 3.63) is 0 Å². The Kier molecular flexibility index (Phi) is 3.15. The highest BCUT2D eigenvalue weighted by molar-refractivity contribution is 5.89. The Morgan fingerprint density at radius 1 is 1.53 bits per heavy atom. The summed E-state index contributed by atoms with van der Waals surface area (Å²) in [4.78, 5) is 22.9. The molecule has 15 heavy (non-hydrogen) atoms. The van der Waals surface area contributed by atoms with Gasteiger partial charge in [0.15, 0.2) is 0 Å². The molecule has 86 valence electrons. The second-order valence-corrected chi connectivity index (χ2v) is 3.62. The van der Waals surface area contributed by atoms with E-state index in [1.165, 1.54) is 0 Å². The zero-order chi connectivity index (χ0) is 11.6. The standard InChI is InChI=1S/C8H14N2O5/c9-6(13)8(1-2-11)3-5(12)4-10(8)7(14)15/h5,11-12H,1-4H2,(H2,9,13)(H,14,15). The number of nitrogens with two attached hydrogens (primary N) is 1. The highest BCUT2D eigenvalue weighted by Gasteiger charge is 2.51. The lowest BCUT2D eigenvalue weighted by Gasteiger charge is -2.32. The van der Waals surface area contributed by atoms with Crippen LogP contribution in [0.25, 0.3) is 0 Å². The van der Waals surface area contributed by atoms with Gasteiger partial charge < -0.3 is 21.1 Å². The number of hydrogen-bond acceptors (Lipinski definition) is 4. The third-order valence-electron chi connectivity index (χ3n) is 2.70. The summed E-state index contributed by atoms with van der Waals surface area (Å²) in [6.45, 7) is -0.516. The highest BCUT2D eigenvalue weighted by atomic mass is 16.4. The maximum absolute atomic E-state index is 11.3. The van der Waals surface area contributed by atoms with Crippen LogP contribution in [0.5, 0.6) is 0 Å². The van der Waals surface area contributed by atoms with Crippen LogP contribution in [0.3, 0.4) is 0 Å². The molecular weight excluding hydrogens is 204 g/mol. The molecular formula is C8H14N2O5. The number of aliphatic hydroxyl groups is 2. The van der Waals surface area contributed by atoms with Crippen molar-refractivity contribution in [2.24, 2.45) is 5.73 Å². The minimum atomic E-state index is -1.47. The summed E-state index contributed by atoms with van der Waals surface area (Å²) in [7, 11) is 0. The van der Waals surface area contributed by atoms with E-state index in [2.05, 4.69) is 0 Å². The Balaban J connectivity index is 3.02. The Hall–Kier alpha value is -1.34. The highest BCUT2D eigenvalue weighted by Crippen LogP contribution is 2.32. The van der Waals surface area contributed by atoms with Gasteiger partial charge in [0.25, 0.3) is 0 Å². The van der Waals surface area contributed by atoms with Crippen LogP contribution >= 0.6 is 0 Å². The third kappa shape index (κ3) is 1.88. The number of rotatable bonds is 3. The molecule has 1 aliphatic heterocycles. The molecule has 0 radical (unpaired) electrons. The number of carboxylic acid groups (broad SMARTS) is 1. The number of amides is 2. The monoisotopic (exact) mass is 218 g/mol. The van der Waals surface area contributed by atoms with Crippen molar-refractivity contribution in [3.8, 4) is 0 Å². The molecule has 5 N–H and O–H groups in total. The maximum Gasteiger partial charge on any atom is 0.408 e. The third-order valence-corrected chi connectivity index (χ3v) is 2.70. The molecule has 0 aromatic heterocycles. The van der Waals surface area contributed by atoms with Crippen LogP contribution in [-0.4, -0.2) is 57.0 Å². The number of likely N-dealkylation sites (tertiary alicyclic amines) is 1. The van der Waals surface area contributed by atoms with Gasteiger partial charge in [0.1, 0.15) is 5.54 Å². The molecule has 0 spiro atoms. The van der Waals surface area contributed by atoms with E-state index in [9.17, 15) is 14.7 Å². The molecule has 0 bridgehead atoms. The molecule has 0 aromatic rings. The van der Waals surface area contributed by atoms with Gasteiger partial charge >= 0.3 is 6.09 Å². The molecule has 7 nitrogen and oxygen atoms in total. The largest absolute Gasteiger partial charge is 0.465 e. The SMILES string of the molecule is NC(=O)C1(CCO)CC(O)CN1C(=O)O. The molecule has 7 heteroatoms. The molecule has 1 rings (SSSR count). The second-order valence-electron chi connectivity index (χ2n) is 3.62. The van der Waals surface area contributed by atoms with Gasteiger partial charge in [-0.2, -0.15) is 0 Å². The summed E-state index contributed by atoms with van der Waals surface area (Å²) < 4.78 is 0. The molecule has 1 aliphatic rings. The average molecular weight is 218 g/mol. The van der Waals surface area contributed by atoms with E-state index in [-0.39, 0.29) is 26.0 Å². The molecule has 2 amide bonds. The van der Waals surface area contributed by atoms with Crippen molar-refractivity contribution in [2.45, 2.75) is 24.5 Å². The predicted molar refractivity (Wildman–Crippen MR) is 49.0 cm³/mol. The molecule has 0 aromatic carbocycles. The van der Waals surface area contributed by atoms with Crippen molar-refractivity contribution < 1.29 is 24.9 Å². The Labute approximate surface area is 86.1 Å². The summed E-state index contributed by atoms with van der Waals surface area (Å²) in [6, 6.07) is 0. The van der Waals surface area contributed by atoms with E-state index in [4.69, 9.17) is 15.9 Å². The van der Waals surface area contributed by atoms with Gasteiger partial charge in [-0.05, 0) is 0 Å². The van der Waals surface area contributed by atoms with E-state index >= 15 is 0 Å². The zero-order valence-electron chi connectivity index (χ0n) is 8.09. The summed E-state index contributed by atoms with van der Waals surface area (Å²) in [5, 5.41) is 27.1. The van der Waals surface area contributed by atoms with Gasteiger partial charge in [0, 0.05) is 19.4 Å². The molecule has 2 atom stereocenters. The summed E-state index contributed by atoms with van der Waals surface area (Å²) in [5.74, 6) is -0.837. The number of carbonyl (C=O) groups is 2. The fraction of sp³-hybridized carbons (Fsp3) is 0.750. The number of nitrogens with zero attached hydrogens (tertiary/aromatic N) is 1. The summed E-state index contributed by atoms with van der Waals surface area (Å²) in [5.41, 5.74) is 3.67. The Bertz CT molecular complexity index is 282. The lowest BCUT2D eigenvalue weighted by atomic mass is 9.91. The first-order chi connectivity index (χ1) is 6.94. The minimum absolute atomic E-state index is 0.0603. The molecule has 0 saturated carbocycles. The van der Waals surface area contributed by atoms with Crippen LogP contribution in [0.1, 0.15) is 12.8 Å². The Morgan fingerprint density at radius 2 is 2.13 bits per heavy atom. The van der Waals surface area contributed by atoms with Crippen molar-refractivity contribution in [1.82, 2.24) is 4.90 Å². The van der Waals surface area contributed by atoms with E-state index in [1.54, 1.807) is 0 Å². The van der Waals surface area contributed by atoms with Crippen molar-refractivity contribution in [1.29, 1.82) is 0 Å². The van der Waals surface area contributed by atoms with Gasteiger partial charge in [-0.3, -0.25) is 9.69 Å². The summed E-state index contributed by atoms with van der Waals surface area (Å²) >= 11 is 0. The van der Waals surface area contributed by atoms with Crippen LogP contribution in [-0.2, 0) is 4.79 Å². The number of hydrogen-bond donors (Lipinski definition) is 4. The first-order valence-corrected chi connectivity index (χ1v) is 4.53. The number of β-amino-alcohol motifs (C(OH)–C–C–N with tert-alkyl or cyclic N) is 1. The number of aliphatic hydroxyl groups excluding tert-OH is 2. The first kappa shape index (κ1) is 11.7. The number of carbonyl (C=O) groups excluding carboxylic acids is 1. The van der Waals surface area contributed by atoms with Gasteiger partial charge in [-0.15, -0.1) is 0 Å². The van der Waals surface area contributed by atoms with Crippen molar-refractivity contribution in [2.75, 3.05) is 13.2 Å². The average Bonchev–Trinajstić information content (AvgIpc) is 2.44. The lowest BCUT2D eigenvalue weighted by molar-refractivity contribution is -0.128. The number of primary amides is 1. The van der Waals surface area contributed by atoms with E-state index in [0.717, 1.165) is 4.90 Å². The topological polar surface area (TPSA) is 124 Å². The molecule has 1 saturated heterocycles. The van der Waals surface area contributed by atoms with Gasteiger partial charge in [-0.25, -0.2) is 4.79 Å². The Morgan fingerprint density at radius 3 is 2.53 bits per heavy atom. The maximum atomic E-state index is 11.3. The molecule has 2 unspecified atom stereocenters. The van der Waals surface area contributed by atoms with Gasteiger partial charge in [-0.1, -0.05) is 0 Å². The molecule has 0 aliphatic carbocycles. The van der Waals surface area contributed by atoms with Crippen LogP contribution in [0.4, 0.5) is 4.79 Å². The predicted octanol–water partition coefficient (Wildman–Crippen LogP) is -1.66. The van der Waals surface area contributed by atoms with Gasteiger partial charge in [0.05, 0.1) is 12.6 Å². The van der Waals surface area contributed by atoms with Crippen LogP contribution in [0.15, 0.2) is 0 Å². The van der Waals surface area contributed by atoms with Crippen molar-refractivity contribution >= 4 is 12.0 Å². The summed E-state index contributed by atoms with van der Waals surface area (Å²) in [6.07, 6.45) is -2.39. The van der Waals surface area contributed by atoms with Gasteiger partial charge in [0.2, 0.25) is 5.91 Å². The quantitative estimate of drug-likeness (QED) is 0.451. The lowest BCUT2D eigenvalue weighted by Crippen LogP contribution is -2.56. The first-order valence-electron chi connectivity index (χ1n) is 4.53. The van der Waals surface area contributed by atoms with Crippen molar-refractivity contribution in [3.63, 3.8) is 0 Å². The smallest absolute Gasteiger partial charge is 0.408 e. The van der Waals surface area contributed by atoms with Crippen LogP contribution < -0.4 is 5.73 Å². The molecule has 1 heterocycles. The fourth-order valence-corrected chi connectivity index (χ4v) is 1.99.